The summed E-state index contributed by atoms with van der Waals surface area (Å²) in [4.78, 5) is 0. The maximum atomic E-state index is 5.34. The average molecular weight is 224 g/mol. The molecule has 0 radical (unpaired) electrons. The summed E-state index contributed by atoms with van der Waals surface area (Å²) in [6.07, 6.45) is 4.10. The smallest absolute Gasteiger partial charge is 0.316 e. The maximum Gasteiger partial charge on any atom is 0.316 e. The molecule has 0 aromatic heterocycles. The topological polar surface area (TPSA) is 9.23 Å². The second-order valence-electron chi connectivity index (χ2n) is 2.25. The predicted octanol–water partition coefficient (Wildman–Crippen LogP) is 1.17. The van der Waals surface area contributed by atoms with Crippen LogP contribution in [-0.2, 0) is 19.5 Å². The Morgan fingerprint density at radius 2 is 1.92 bits per heavy atom. The molecule has 0 spiro atoms. The van der Waals surface area contributed by atoms with Crippen molar-refractivity contribution in [2.45, 2.75) is 0 Å². The van der Waals surface area contributed by atoms with Crippen LogP contribution in [0.1, 0.15) is 5.56 Å². The van der Waals surface area contributed by atoms with Crippen molar-refractivity contribution in [2.75, 3.05) is 6.61 Å². The van der Waals surface area contributed by atoms with E-state index in [1.54, 1.807) is 0 Å². The van der Waals surface area contributed by atoms with Gasteiger partial charge in [-0.3, -0.25) is 0 Å². The number of para-hydroxylation sites is 1. The Balaban J connectivity index is 0.000000605. The van der Waals surface area contributed by atoms with E-state index in [1.807, 2.05) is 30.3 Å². The number of hydrogen-bond donors (Lipinski definition) is 0. The third-order valence-electron chi connectivity index (χ3n) is 1.55. The van der Waals surface area contributed by atoms with E-state index in [0.29, 0.717) is 6.61 Å². The number of ether oxygens (including phenoxy) is 1. The molecule has 12 heavy (non-hydrogen) atoms. The SMILES string of the molecule is C1=Cc2ccccc2OC1.[MgH2].[Zn]. The van der Waals surface area contributed by atoms with E-state index in [9.17, 15) is 0 Å². The quantitative estimate of drug-likeness (QED) is 0.601. The van der Waals surface area contributed by atoms with Crippen LogP contribution in [0, 0.1) is 0 Å². The third-order valence-corrected chi connectivity index (χ3v) is 1.55. The minimum absolute atomic E-state index is 0. The number of hydrogen-bond acceptors (Lipinski definition) is 1. The van der Waals surface area contributed by atoms with Crippen molar-refractivity contribution < 1.29 is 24.2 Å². The Hall–Kier alpha value is 0.150. The molecular formula is C9H10MgOZn. The van der Waals surface area contributed by atoms with Gasteiger partial charge in [-0.25, -0.2) is 0 Å². The van der Waals surface area contributed by atoms with Crippen molar-refractivity contribution in [3.63, 3.8) is 0 Å². The van der Waals surface area contributed by atoms with E-state index >= 15 is 0 Å². The fourth-order valence-electron chi connectivity index (χ4n) is 1.06. The monoisotopic (exact) mass is 222 g/mol. The Kier molecular flexibility index (Phi) is 5.81. The molecule has 56 valence electrons. The van der Waals surface area contributed by atoms with E-state index < -0.39 is 0 Å². The van der Waals surface area contributed by atoms with Gasteiger partial charge < -0.3 is 4.74 Å². The van der Waals surface area contributed by atoms with Crippen LogP contribution in [0.4, 0.5) is 0 Å². The first-order valence-corrected chi connectivity index (χ1v) is 3.35. The largest absolute Gasteiger partial charge is 0.489 e. The van der Waals surface area contributed by atoms with E-state index in [0.717, 1.165) is 5.75 Å². The van der Waals surface area contributed by atoms with Crippen molar-refractivity contribution in [2.24, 2.45) is 0 Å². The van der Waals surface area contributed by atoms with Gasteiger partial charge in [0.15, 0.2) is 0 Å². The molecule has 1 aromatic carbocycles. The number of fused-ring (bicyclic) bond motifs is 1. The molecule has 3 heteroatoms. The zero-order chi connectivity index (χ0) is 6.81. The van der Waals surface area contributed by atoms with E-state index in [4.69, 9.17) is 4.74 Å². The first-order valence-electron chi connectivity index (χ1n) is 3.35. The van der Waals surface area contributed by atoms with Gasteiger partial charge in [0.1, 0.15) is 12.4 Å². The van der Waals surface area contributed by atoms with E-state index in [-0.39, 0.29) is 42.5 Å². The molecule has 2 rings (SSSR count). The summed E-state index contributed by atoms with van der Waals surface area (Å²) in [7, 11) is 0. The molecule has 1 heterocycles. The fourth-order valence-corrected chi connectivity index (χ4v) is 1.06. The van der Waals surface area contributed by atoms with Gasteiger partial charge in [-0.05, 0) is 12.1 Å². The standard InChI is InChI=1S/C9H8O.Mg.Zn.2H/c1-2-6-9-8(4-1)5-3-7-10-9;;;;/h1-6H,7H2;;;;. The molecule has 0 saturated carbocycles. The van der Waals surface area contributed by atoms with Crippen LogP contribution in [-0.4, -0.2) is 29.7 Å². The molecule has 0 unspecified atom stereocenters. The summed E-state index contributed by atoms with van der Waals surface area (Å²) in [5.41, 5.74) is 1.17. The third kappa shape index (κ3) is 2.58. The summed E-state index contributed by atoms with van der Waals surface area (Å²) in [5, 5.41) is 0. The van der Waals surface area contributed by atoms with Gasteiger partial charge >= 0.3 is 23.1 Å². The Morgan fingerprint density at radius 3 is 2.67 bits per heavy atom. The second-order valence-corrected chi connectivity index (χ2v) is 2.25. The van der Waals surface area contributed by atoms with Crippen molar-refractivity contribution in [3.8, 4) is 5.75 Å². The van der Waals surface area contributed by atoms with Crippen LogP contribution in [0.3, 0.4) is 0 Å². The molecular weight excluding hydrogens is 214 g/mol. The summed E-state index contributed by atoms with van der Waals surface area (Å²) in [6.45, 7) is 0.705. The van der Waals surface area contributed by atoms with Crippen LogP contribution in [0.15, 0.2) is 30.3 Å². The summed E-state index contributed by atoms with van der Waals surface area (Å²) >= 11 is 0. The van der Waals surface area contributed by atoms with Gasteiger partial charge in [0.2, 0.25) is 0 Å². The van der Waals surface area contributed by atoms with Crippen molar-refractivity contribution in [3.05, 3.63) is 35.9 Å². The minimum atomic E-state index is 0. The average Bonchev–Trinajstić information content (AvgIpc) is 2.05. The molecule has 1 aromatic rings. The molecule has 1 nitrogen and oxygen atoms in total. The predicted molar refractivity (Wildman–Crippen MR) is 49.5 cm³/mol. The summed E-state index contributed by atoms with van der Waals surface area (Å²) < 4.78 is 5.34. The molecule has 0 fully saturated rings. The van der Waals surface area contributed by atoms with Gasteiger partial charge in [0, 0.05) is 25.0 Å². The second kappa shape index (κ2) is 5.74. The van der Waals surface area contributed by atoms with Crippen LogP contribution in [0.2, 0.25) is 0 Å². The van der Waals surface area contributed by atoms with Crippen molar-refractivity contribution in [1.29, 1.82) is 0 Å². The first-order chi connectivity index (χ1) is 4.97. The molecule has 0 amide bonds. The first kappa shape index (κ1) is 12.1. The van der Waals surface area contributed by atoms with E-state index in [1.165, 1.54) is 5.56 Å². The molecule has 0 saturated heterocycles. The zero-order valence-corrected chi connectivity index (χ0v) is 9.25. The van der Waals surface area contributed by atoms with Gasteiger partial charge in [0.05, 0.1) is 0 Å². The number of rotatable bonds is 0. The van der Waals surface area contributed by atoms with Gasteiger partial charge in [-0.1, -0.05) is 24.3 Å². The van der Waals surface area contributed by atoms with Gasteiger partial charge in [0.25, 0.3) is 0 Å². The molecule has 1 aliphatic heterocycles. The summed E-state index contributed by atoms with van der Waals surface area (Å²) in [6, 6.07) is 8.03. The van der Waals surface area contributed by atoms with Crippen molar-refractivity contribution >= 4 is 29.1 Å². The Morgan fingerprint density at radius 1 is 1.17 bits per heavy atom. The van der Waals surface area contributed by atoms with Crippen molar-refractivity contribution in [1.82, 2.24) is 0 Å². The zero-order valence-electron chi connectivity index (χ0n) is 6.29. The molecule has 0 N–H and O–H groups in total. The van der Waals surface area contributed by atoms with Crippen LogP contribution < -0.4 is 4.74 Å². The normalized spacial score (nSPS) is 11.7. The Bertz CT molecular complexity index is 273. The molecule has 0 bridgehead atoms. The maximum absolute atomic E-state index is 5.34. The fraction of sp³-hybridized carbons (Fsp3) is 0.111. The summed E-state index contributed by atoms with van der Waals surface area (Å²) in [5.74, 6) is 0.991. The Labute approximate surface area is 101 Å². The van der Waals surface area contributed by atoms with Crippen LogP contribution in [0.25, 0.3) is 6.08 Å². The van der Waals surface area contributed by atoms with Crippen LogP contribution in [0.5, 0.6) is 5.75 Å². The molecule has 0 atom stereocenters. The van der Waals surface area contributed by atoms with Gasteiger partial charge in [-0.2, -0.15) is 0 Å². The van der Waals surface area contributed by atoms with E-state index in [2.05, 4.69) is 6.08 Å². The van der Waals surface area contributed by atoms with Crippen LogP contribution >= 0.6 is 0 Å². The molecule has 1 aliphatic rings. The van der Waals surface area contributed by atoms with Gasteiger partial charge in [-0.15, -0.1) is 0 Å². The molecule has 0 aliphatic carbocycles. The number of benzene rings is 1. The minimum Gasteiger partial charge on any atom is -0.489 e.